The summed E-state index contributed by atoms with van der Waals surface area (Å²) in [7, 11) is 0. The van der Waals surface area contributed by atoms with Gasteiger partial charge in [0.1, 0.15) is 0 Å². The quantitative estimate of drug-likeness (QED) is 0.868. The summed E-state index contributed by atoms with van der Waals surface area (Å²) in [6.45, 7) is 5.91. The lowest BCUT2D eigenvalue weighted by molar-refractivity contribution is -0.130. The summed E-state index contributed by atoms with van der Waals surface area (Å²) in [6, 6.07) is 3.80. The second-order valence-corrected chi connectivity index (χ2v) is 5.76. The molecule has 2 aromatic rings. The van der Waals surface area contributed by atoms with E-state index in [2.05, 4.69) is 15.3 Å². The van der Waals surface area contributed by atoms with E-state index in [9.17, 15) is 4.79 Å². The smallest absolute Gasteiger partial charge is 0.219 e. The molecule has 1 saturated heterocycles. The number of rotatable bonds is 3. The van der Waals surface area contributed by atoms with E-state index in [4.69, 9.17) is 4.42 Å². The second-order valence-electron chi connectivity index (χ2n) is 4.90. The Balaban J connectivity index is 1.58. The zero-order chi connectivity index (χ0) is 13.9. The Morgan fingerprint density at radius 1 is 1.40 bits per heavy atom. The number of nitrogens with zero attached hydrogens (tertiary/aromatic N) is 3. The van der Waals surface area contributed by atoms with Crippen molar-refractivity contribution in [2.75, 3.05) is 26.2 Å². The fourth-order valence-corrected chi connectivity index (χ4v) is 3.12. The topological polar surface area (TPSA) is 49.6 Å². The molecular formula is C14H17N3O2S. The van der Waals surface area contributed by atoms with Gasteiger partial charge in [0.15, 0.2) is 10.8 Å². The second kappa shape index (κ2) is 5.76. The minimum Gasteiger partial charge on any atom is -0.462 e. The molecule has 0 bridgehead atoms. The summed E-state index contributed by atoms with van der Waals surface area (Å²) in [5.74, 6) is 0.987. The number of aromatic nitrogens is 1. The number of thiazole rings is 1. The molecule has 0 atom stereocenters. The van der Waals surface area contributed by atoms with Gasteiger partial charge >= 0.3 is 0 Å². The van der Waals surface area contributed by atoms with Crippen molar-refractivity contribution in [3.05, 3.63) is 29.5 Å². The average Bonchev–Trinajstić information content (AvgIpc) is 3.09. The van der Waals surface area contributed by atoms with Crippen LogP contribution in [0.5, 0.6) is 0 Å². The van der Waals surface area contributed by atoms with E-state index in [1.807, 2.05) is 17.0 Å². The predicted molar refractivity (Wildman–Crippen MR) is 77.3 cm³/mol. The third kappa shape index (κ3) is 2.91. The standard InChI is InChI=1S/C14H17N3O2S/c1-11(18)17-6-4-16(5-7-17)9-12-10-20-14(15-12)13-3-2-8-19-13/h2-3,8,10H,4-7,9H2,1H3. The van der Waals surface area contributed by atoms with E-state index in [-0.39, 0.29) is 5.91 Å². The third-order valence-electron chi connectivity index (χ3n) is 3.49. The molecule has 106 valence electrons. The van der Waals surface area contributed by atoms with Gasteiger partial charge < -0.3 is 9.32 Å². The maximum Gasteiger partial charge on any atom is 0.219 e. The molecule has 0 radical (unpaired) electrons. The Morgan fingerprint density at radius 2 is 2.20 bits per heavy atom. The molecule has 2 aromatic heterocycles. The van der Waals surface area contributed by atoms with E-state index in [1.165, 1.54) is 0 Å². The Hall–Kier alpha value is -1.66. The molecule has 1 aliphatic heterocycles. The van der Waals surface area contributed by atoms with Crippen LogP contribution in [0.1, 0.15) is 12.6 Å². The fraction of sp³-hybridized carbons (Fsp3) is 0.429. The van der Waals surface area contributed by atoms with Crippen LogP contribution in [0, 0.1) is 0 Å². The lowest BCUT2D eigenvalue weighted by atomic mass is 10.3. The minimum absolute atomic E-state index is 0.165. The molecule has 0 aromatic carbocycles. The van der Waals surface area contributed by atoms with Gasteiger partial charge in [-0.05, 0) is 12.1 Å². The third-order valence-corrected chi connectivity index (χ3v) is 4.39. The van der Waals surface area contributed by atoms with E-state index in [1.54, 1.807) is 24.5 Å². The van der Waals surface area contributed by atoms with Crippen LogP contribution in [-0.4, -0.2) is 46.9 Å². The molecule has 0 aliphatic carbocycles. The van der Waals surface area contributed by atoms with Crippen molar-refractivity contribution in [2.24, 2.45) is 0 Å². The van der Waals surface area contributed by atoms with Crippen LogP contribution in [0.4, 0.5) is 0 Å². The average molecular weight is 291 g/mol. The van der Waals surface area contributed by atoms with Crippen LogP contribution in [-0.2, 0) is 11.3 Å². The first-order valence-electron chi connectivity index (χ1n) is 6.68. The molecule has 0 N–H and O–H groups in total. The monoisotopic (exact) mass is 291 g/mol. The molecule has 6 heteroatoms. The fourth-order valence-electron chi connectivity index (χ4n) is 2.34. The number of amides is 1. The molecule has 1 amide bonds. The van der Waals surface area contributed by atoms with Gasteiger partial charge in [-0.15, -0.1) is 11.3 Å². The first-order valence-corrected chi connectivity index (χ1v) is 7.56. The number of piperazine rings is 1. The van der Waals surface area contributed by atoms with Crippen LogP contribution >= 0.6 is 11.3 Å². The Labute approximate surface area is 121 Å². The van der Waals surface area contributed by atoms with E-state index < -0.39 is 0 Å². The molecule has 0 saturated carbocycles. The first-order chi connectivity index (χ1) is 9.72. The SMILES string of the molecule is CC(=O)N1CCN(Cc2csc(-c3ccco3)n2)CC1. The number of carbonyl (C=O) groups excluding carboxylic acids is 1. The normalized spacial score (nSPS) is 16.6. The molecule has 3 heterocycles. The van der Waals surface area contributed by atoms with Crippen LogP contribution in [0.15, 0.2) is 28.2 Å². The summed E-state index contributed by atoms with van der Waals surface area (Å²) in [4.78, 5) is 20.1. The highest BCUT2D eigenvalue weighted by molar-refractivity contribution is 7.13. The van der Waals surface area contributed by atoms with Crippen molar-refractivity contribution in [2.45, 2.75) is 13.5 Å². The summed E-state index contributed by atoms with van der Waals surface area (Å²) >= 11 is 1.61. The van der Waals surface area contributed by atoms with Crippen LogP contribution < -0.4 is 0 Å². The molecule has 0 unspecified atom stereocenters. The molecule has 1 fully saturated rings. The largest absolute Gasteiger partial charge is 0.462 e. The van der Waals surface area contributed by atoms with E-state index >= 15 is 0 Å². The van der Waals surface area contributed by atoms with E-state index in [0.717, 1.165) is 49.2 Å². The molecule has 20 heavy (non-hydrogen) atoms. The maximum atomic E-state index is 11.3. The zero-order valence-electron chi connectivity index (χ0n) is 11.4. The molecule has 3 rings (SSSR count). The van der Waals surface area contributed by atoms with Crippen molar-refractivity contribution < 1.29 is 9.21 Å². The molecule has 1 aliphatic rings. The Kier molecular flexibility index (Phi) is 3.84. The van der Waals surface area contributed by atoms with Gasteiger partial charge in [0, 0.05) is 45.0 Å². The van der Waals surface area contributed by atoms with Gasteiger partial charge in [-0.25, -0.2) is 4.98 Å². The minimum atomic E-state index is 0.165. The lowest BCUT2D eigenvalue weighted by Gasteiger charge is -2.33. The van der Waals surface area contributed by atoms with Crippen LogP contribution in [0.2, 0.25) is 0 Å². The summed E-state index contributed by atoms with van der Waals surface area (Å²) in [5, 5.41) is 3.00. The van der Waals surface area contributed by atoms with Crippen molar-refractivity contribution in [1.82, 2.24) is 14.8 Å². The summed E-state index contributed by atoms with van der Waals surface area (Å²) < 4.78 is 5.35. The van der Waals surface area contributed by atoms with Crippen LogP contribution in [0.3, 0.4) is 0 Å². The van der Waals surface area contributed by atoms with Crippen LogP contribution in [0.25, 0.3) is 10.8 Å². The number of hydrogen-bond donors (Lipinski definition) is 0. The summed E-state index contributed by atoms with van der Waals surface area (Å²) in [5.41, 5.74) is 1.07. The van der Waals surface area contributed by atoms with Gasteiger partial charge in [-0.2, -0.15) is 0 Å². The highest BCUT2D eigenvalue weighted by atomic mass is 32.1. The molecular weight excluding hydrogens is 274 g/mol. The van der Waals surface area contributed by atoms with Crippen molar-refractivity contribution in [3.8, 4) is 10.8 Å². The van der Waals surface area contributed by atoms with Crippen molar-refractivity contribution in [1.29, 1.82) is 0 Å². The van der Waals surface area contributed by atoms with Gasteiger partial charge in [0.05, 0.1) is 12.0 Å². The Morgan fingerprint density at radius 3 is 2.85 bits per heavy atom. The van der Waals surface area contributed by atoms with Gasteiger partial charge in [-0.1, -0.05) is 0 Å². The maximum absolute atomic E-state index is 11.3. The van der Waals surface area contributed by atoms with Crippen molar-refractivity contribution in [3.63, 3.8) is 0 Å². The van der Waals surface area contributed by atoms with Gasteiger partial charge in [-0.3, -0.25) is 9.69 Å². The number of hydrogen-bond acceptors (Lipinski definition) is 5. The summed E-state index contributed by atoms with van der Waals surface area (Å²) in [6.07, 6.45) is 1.66. The van der Waals surface area contributed by atoms with Gasteiger partial charge in [0.25, 0.3) is 0 Å². The number of furan rings is 1. The predicted octanol–water partition coefficient (Wildman–Crippen LogP) is 2.07. The first kappa shape index (κ1) is 13.3. The Bertz CT molecular complexity index is 571. The van der Waals surface area contributed by atoms with Gasteiger partial charge in [0.2, 0.25) is 5.91 Å². The highest BCUT2D eigenvalue weighted by Gasteiger charge is 2.19. The molecule has 5 nitrogen and oxygen atoms in total. The number of carbonyl (C=O) groups is 1. The lowest BCUT2D eigenvalue weighted by Crippen LogP contribution is -2.47. The van der Waals surface area contributed by atoms with Crippen molar-refractivity contribution >= 4 is 17.2 Å². The zero-order valence-corrected chi connectivity index (χ0v) is 12.2. The molecule has 0 spiro atoms. The van der Waals surface area contributed by atoms with E-state index in [0.29, 0.717) is 0 Å². The highest BCUT2D eigenvalue weighted by Crippen LogP contribution is 2.24.